The molecule has 6 heteroatoms. The van der Waals surface area contributed by atoms with Gasteiger partial charge < -0.3 is 14.2 Å². The lowest BCUT2D eigenvalue weighted by atomic mass is 9.71. The molecule has 3 atom stereocenters. The van der Waals surface area contributed by atoms with Crippen LogP contribution in [0.1, 0.15) is 40.0 Å². The van der Waals surface area contributed by atoms with Gasteiger partial charge in [0.2, 0.25) is 0 Å². The zero-order valence-corrected chi connectivity index (χ0v) is 12.6. The van der Waals surface area contributed by atoms with E-state index in [1.165, 1.54) is 6.92 Å². The average molecular weight is 296 g/mol. The fraction of sp³-hybridized carbons (Fsp3) is 0.667. The summed E-state index contributed by atoms with van der Waals surface area (Å²) >= 11 is 0. The second-order valence-electron chi connectivity index (χ2n) is 6.15. The summed E-state index contributed by atoms with van der Waals surface area (Å²) in [5, 5.41) is 0. The average Bonchev–Trinajstić information content (AvgIpc) is 2.65. The Kier molecular flexibility index (Phi) is 3.82. The van der Waals surface area contributed by atoms with Crippen LogP contribution >= 0.6 is 0 Å². The molecule has 0 N–H and O–H groups in total. The highest BCUT2D eigenvalue weighted by atomic mass is 16.6. The lowest BCUT2D eigenvalue weighted by Crippen LogP contribution is -2.54. The summed E-state index contributed by atoms with van der Waals surface area (Å²) in [6.45, 7) is 7.97. The maximum Gasteiger partial charge on any atom is 0.344 e. The molecular weight excluding hydrogens is 276 g/mol. The molecule has 0 aromatic heterocycles. The number of hydrogen-bond donors (Lipinski definition) is 0. The molecule has 3 unspecified atom stereocenters. The molecule has 1 saturated carbocycles. The fourth-order valence-electron chi connectivity index (χ4n) is 2.85. The highest BCUT2D eigenvalue weighted by Gasteiger charge is 2.60. The van der Waals surface area contributed by atoms with Gasteiger partial charge in [-0.05, 0) is 33.6 Å². The molecule has 1 heterocycles. The van der Waals surface area contributed by atoms with Crippen LogP contribution in [0.15, 0.2) is 12.2 Å². The first-order valence-corrected chi connectivity index (χ1v) is 6.94. The molecule has 1 saturated heterocycles. The van der Waals surface area contributed by atoms with Crippen LogP contribution in [0.5, 0.6) is 0 Å². The second kappa shape index (κ2) is 5.16. The zero-order chi connectivity index (χ0) is 15.8. The predicted octanol–water partition coefficient (Wildman–Crippen LogP) is 1.52. The third-order valence-corrected chi connectivity index (χ3v) is 4.39. The van der Waals surface area contributed by atoms with Crippen molar-refractivity contribution in [1.29, 1.82) is 0 Å². The van der Waals surface area contributed by atoms with Crippen LogP contribution in [0.4, 0.5) is 0 Å². The first kappa shape index (κ1) is 15.5. The van der Waals surface area contributed by atoms with Crippen molar-refractivity contribution in [2.75, 3.05) is 6.61 Å². The van der Waals surface area contributed by atoms with E-state index in [0.717, 1.165) is 0 Å². The highest BCUT2D eigenvalue weighted by molar-refractivity contribution is 5.88. The Balaban J connectivity index is 1.98. The van der Waals surface area contributed by atoms with Crippen LogP contribution in [0.2, 0.25) is 0 Å². The van der Waals surface area contributed by atoms with E-state index in [2.05, 4.69) is 6.58 Å². The first-order valence-electron chi connectivity index (χ1n) is 6.94. The molecule has 116 valence electrons. The minimum Gasteiger partial charge on any atom is -0.455 e. The van der Waals surface area contributed by atoms with E-state index in [1.807, 2.05) is 0 Å². The third kappa shape index (κ3) is 2.80. The van der Waals surface area contributed by atoms with E-state index in [4.69, 9.17) is 14.2 Å². The molecule has 1 aliphatic carbocycles. The number of ether oxygens (including phenoxy) is 3. The van der Waals surface area contributed by atoms with Gasteiger partial charge in [-0.15, -0.1) is 0 Å². The van der Waals surface area contributed by atoms with Crippen LogP contribution in [0, 0.1) is 5.92 Å². The number of carbonyl (C=O) groups excluding carboxylic acids is 3. The molecule has 2 rings (SSSR count). The number of rotatable bonds is 4. The quantitative estimate of drug-likeness (QED) is 0.444. The molecule has 0 spiro atoms. The van der Waals surface area contributed by atoms with Gasteiger partial charge in [0, 0.05) is 12.0 Å². The number of fused-ring (bicyclic) bond motifs is 2. The van der Waals surface area contributed by atoms with Crippen molar-refractivity contribution in [3.63, 3.8) is 0 Å². The van der Waals surface area contributed by atoms with Crippen LogP contribution < -0.4 is 0 Å². The minimum atomic E-state index is -0.900. The van der Waals surface area contributed by atoms with Gasteiger partial charge in [0.05, 0.1) is 5.92 Å². The lowest BCUT2D eigenvalue weighted by Gasteiger charge is -2.43. The summed E-state index contributed by atoms with van der Waals surface area (Å²) in [7, 11) is 0. The number of hydrogen-bond acceptors (Lipinski definition) is 6. The summed E-state index contributed by atoms with van der Waals surface area (Å²) in [4.78, 5) is 34.8. The van der Waals surface area contributed by atoms with Crippen LogP contribution in [-0.2, 0) is 28.6 Å². The van der Waals surface area contributed by atoms with Crippen molar-refractivity contribution < 1.29 is 28.6 Å². The minimum absolute atomic E-state index is 0.108. The molecular formula is C15H20O6. The molecule has 0 aromatic carbocycles. The summed E-state index contributed by atoms with van der Waals surface area (Å²) < 4.78 is 15.6. The lowest BCUT2D eigenvalue weighted by molar-refractivity contribution is -0.200. The van der Waals surface area contributed by atoms with Gasteiger partial charge in [-0.25, -0.2) is 9.59 Å². The Morgan fingerprint density at radius 2 is 2.10 bits per heavy atom. The largest absolute Gasteiger partial charge is 0.455 e. The van der Waals surface area contributed by atoms with Crippen LogP contribution in [-0.4, -0.2) is 35.7 Å². The van der Waals surface area contributed by atoms with E-state index < -0.39 is 29.7 Å². The monoisotopic (exact) mass is 296 g/mol. The van der Waals surface area contributed by atoms with Gasteiger partial charge in [-0.1, -0.05) is 6.58 Å². The van der Waals surface area contributed by atoms with E-state index in [-0.39, 0.29) is 17.5 Å². The number of carbonyl (C=O) groups is 3. The molecule has 1 aliphatic heterocycles. The van der Waals surface area contributed by atoms with Crippen LogP contribution in [0.3, 0.4) is 0 Å². The smallest absolute Gasteiger partial charge is 0.344 e. The van der Waals surface area contributed by atoms with Crippen LogP contribution in [0.25, 0.3) is 0 Å². The molecule has 2 aliphatic rings. The van der Waals surface area contributed by atoms with Gasteiger partial charge in [0.25, 0.3) is 0 Å². The topological polar surface area (TPSA) is 78.9 Å². The molecule has 2 bridgehead atoms. The maximum absolute atomic E-state index is 11.9. The van der Waals surface area contributed by atoms with Crippen molar-refractivity contribution in [2.24, 2.45) is 5.92 Å². The summed E-state index contributed by atoms with van der Waals surface area (Å²) in [5.41, 5.74) is -1.50. The SMILES string of the molecule is C=C(C)C(=O)OCC(=O)OC1(C)CCC2CC1(C)OC2=O. The van der Waals surface area contributed by atoms with E-state index in [0.29, 0.717) is 19.3 Å². The summed E-state index contributed by atoms with van der Waals surface area (Å²) in [5.74, 6) is -1.64. The Morgan fingerprint density at radius 3 is 2.71 bits per heavy atom. The normalized spacial score (nSPS) is 34.0. The van der Waals surface area contributed by atoms with E-state index in [9.17, 15) is 14.4 Å². The van der Waals surface area contributed by atoms with Gasteiger partial charge in [-0.3, -0.25) is 4.79 Å². The Hall–Kier alpha value is -1.85. The second-order valence-corrected chi connectivity index (χ2v) is 6.15. The molecule has 0 aromatic rings. The van der Waals surface area contributed by atoms with Gasteiger partial charge in [0.15, 0.2) is 6.61 Å². The zero-order valence-electron chi connectivity index (χ0n) is 12.6. The first-order chi connectivity index (χ1) is 9.67. The molecule has 0 amide bonds. The fourth-order valence-corrected chi connectivity index (χ4v) is 2.85. The Bertz CT molecular complexity index is 510. The highest BCUT2D eigenvalue weighted by Crippen LogP contribution is 2.50. The molecule has 6 nitrogen and oxygen atoms in total. The van der Waals surface area contributed by atoms with Crippen molar-refractivity contribution >= 4 is 17.9 Å². The Labute approximate surface area is 123 Å². The summed E-state index contributed by atoms with van der Waals surface area (Å²) in [6.07, 6.45) is 1.71. The molecule has 0 radical (unpaired) electrons. The predicted molar refractivity (Wildman–Crippen MR) is 72.1 cm³/mol. The van der Waals surface area contributed by atoms with E-state index >= 15 is 0 Å². The molecule has 2 fully saturated rings. The van der Waals surface area contributed by atoms with Crippen molar-refractivity contribution in [1.82, 2.24) is 0 Å². The van der Waals surface area contributed by atoms with Crippen molar-refractivity contribution in [3.8, 4) is 0 Å². The van der Waals surface area contributed by atoms with Gasteiger partial charge >= 0.3 is 17.9 Å². The maximum atomic E-state index is 11.9. The standard InChI is InChI=1S/C15H20O6/c1-9(2)12(17)19-8-11(16)20-14(3)6-5-10-7-15(14,4)21-13(10)18/h10H,1,5-8H2,2-4H3. The molecule has 21 heavy (non-hydrogen) atoms. The third-order valence-electron chi connectivity index (χ3n) is 4.39. The van der Waals surface area contributed by atoms with Crippen molar-refractivity contribution in [2.45, 2.75) is 51.2 Å². The summed E-state index contributed by atoms with van der Waals surface area (Å²) in [6, 6.07) is 0. The number of esters is 3. The Morgan fingerprint density at radius 1 is 1.43 bits per heavy atom. The van der Waals surface area contributed by atoms with Gasteiger partial charge in [0.1, 0.15) is 11.2 Å². The van der Waals surface area contributed by atoms with Gasteiger partial charge in [-0.2, -0.15) is 0 Å². The van der Waals surface area contributed by atoms with Crippen molar-refractivity contribution in [3.05, 3.63) is 12.2 Å². The van der Waals surface area contributed by atoms with E-state index in [1.54, 1.807) is 13.8 Å².